The molecule has 18 aromatic rings. The minimum atomic E-state index is -0.0799. The van der Waals surface area contributed by atoms with E-state index < -0.39 is 0 Å². The molecule has 0 bridgehead atoms. The molecule has 0 amide bonds. The zero-order valence-electron chi connectivity index (χ0n) is 65.9. The first-order valence-electron chi connectivity index (χ1n) is 40.0. The van der Waals surface area contributed by atoms with E-state index in [0.717, 1.165) is 76.0 Å². The summed E-state index contributed by atoms with van der Waals surface area (Å²) >= 11 is 11.1. The second-order valence-corrected chi connectivity index (χ2v) is 33.5. The van der Waals surface area contributed by atoms with Gasteiger partial charge in [-0.15, -0.1) is 0 Å². The summed E-state index contributed by atoms with van der Waals surface area (Å²) < 4.78 is 7.94. The number of fused-ring (bicyclic) bond motifs is 12. The Hall–Kier alpha value is -12.2. The van der Waals surface area contributed by atoms with Crippen molar-refractivity contribution in [3.63, 3.8) is 0 Å². The van der Waals surface area contributed by atoms with Crippen molar-refractivity contribution in [3.8, 4) is 33.6 Å². The van der Waals surface area contributed by atoms with Crippen molar-refractivity contribution in [3.05, 3.63) is 424 Å². The van der Waals surface area contributed by atoms with Crippen LogP contribution in [0.2, 0.25) is 0 Å². The van der Waals surface area contributed by atoms with Gasteiger partial charge in [-0.3, -0.25) is 0 Å². The standard InChI is InChI=1S/C51H38BrN3.C33H26N2.C18H13Br2N.C5H12/c1-51(2)47-24-14-12-22-43(47)44-28-26-40(34-48(44)51)55-49-25-15-13-23-45(49)46-33-39(27-29-50(46)55)54(38-20-10-5-11-21-38)42-31-35(52)30-41(32-42)53(36-16-6-3-7-17-36)37-18-8-4-9-19-37;1-33(2)29-14-8-6-12-25(29)26-18-17-24(21-30(26)33)35-31-15-9-7-13-27(31)28-20-23(16-19-32(28)35)34-22-10-4-3-5-11-22;19-14-11-15(20)13-18(12-14)21(16-7-3-1-4-8-16)17-9-5-2-6-10-17;1-3-5-4-2/h3-34H,1-2H3;3-21,34H,1-2H3;1-13H;3-5H2,1-2H3. The quantitative estimate of drug-likeness (QED) is 0.111. The maximum Gasteiger partial charge on any atom is 0.0542 e. The van der Waals surface area contributed by atoms with Gasteiger partial charge in [0.15, 0.2) is 0 Å². The van der Waals surface area contributed by atoms with Crippen LogP contribution in [0.15, 0.2) is 402 Å². The summed E-state index contributed by atoms with van der Waals surface area (Å²) in [6, 6.07) is 139. The van der Waals surface area contributed by atoms with Crippen LogP contribution in [0.4, 0.5) is 62.6 Å². The molecule has 568 valence electrons. The number of rotatable bonds is 15. The first-order chi connectivity index (χ1) is 56.7. The predicted octanol–water partition coefficient (Wildman–Crippen LogP) is 32.5. The maximum absolute atomic E-state index is 3.92. The molecule has 0 atom stereocenters. The molecule has 116 heavy (non-hydrogen) atoms. The predicted molar refractivity (Wildman–Crippen MR) is 505 cm³/mol. The molecule has 2 aliphatic rings. The SMILES string of the molecule is Brc1cc(Br)cc(N(c2ccccc2)c2ccccc2)c1.CC1(C)c2ccccc2-c2ccc(-n3c4ccccc4c4cc(N(c5ccccc5)c5cc(Br)cc(N(c6ccccc6)c6ccccc6)c5)ccc43)cc21.CC1(C)c2ccccc2-c2ccc(-n3c4ccccc4c4cc(Nc5ccccc5)ccc43)cc21.CCCCC. The Balaban J connectivity index is 0.000000134. The Morgan fingerprint density at radius 2 is 0.578 bits per heavy atom. The summed E-state index contributed by atoms with van der Waals surface area (Å²) in [7, 11) is 0. The van der Waals surface area contributed by atoms with Crippen LogP contribution in [0, 0.1) is 0 Å². The van der Waals surface area contributed by atoms with E-state index in [2.05, 4.69) is 482 Å². The van der Waals surface area contributed by atoms with E-state index in [1.165, 1.54) is 119 Å². The Bertz CT molecular complexity index is 6440. The number of unbranched alkanes of at least 4 members (excludes halogenated alkanes) is 2. The molecule has 0 saturated heterocycles. The van der Waals surface area contributed by atoms with Crippen molar-refractivity contribution in [1.82, 2.24) is 9.13 Å². The number of benzene rings is 16. The third-order valence-electron chi connectivity index (χ3n) is 22.6. The van der Waals surface area contributed by atoms with E-state index in [1.54, 1.807) is 0 Å². The molecule has 2 aromatic heterocycles. The number of para-hydroxylation sites is 8. The molecule has 0 fully saturated rings. The summed E-state index contributed by atoms with van der Waals surface area (Å²) in [5.41, 5.74) is 30.1. The number of hydrogen-bond donors (Lipinski definition) is 1. The van der Waals surface area contributed by atoms with E-state index in [1.807, 2.05) is 24.3 Å². The number of hydrogen-bond acceptors (Lipinski definition) is 4. The zero-order valence-corrected chi connectivity index (χ0v) is 70.7. The lowest BCUT2D eigenvalue weighted by molar-refractivity contribution is 0.660. The van der Waals surface area contributed by atoms with Gasteiger partial charge in [-0.25, -0.2) is 0 Å². The van der Waals surface area contributed by atoms with Gasteiger partial charge in [-0.2, -0.15) is 0 Å². The lowest BCUT2D eigenvalue weighted by Gasteiger charge is -2.30. The minimum Gasteiger partial charge on any atom is -0.356 e. The van der Waals surface area contributed by atoms with Crippen molar-refractivity contribution >= 4 is 154 Å². The van der Waals surface area contributed by atoms with Crippen molar-refractivity contribution in [2.45, 2.75) is 71.6 Å². The van der Waals surface area contributed by atoms with Gasteiger partial charge in [0, 0.05) is 120 Å². The normalized spacial score (nSPS) is 12.4. The Morgan fingerprint density at radius 1 is 0.250 bits per heavy atom. The molecule has 0 spiro atoms. The third kappa shape index (κ3) is 15.1. The van der Waals surface area contributed by atoms with Crippen LogP contribution >= 0.6 is 47.8 Å². The highest BCUT2D eigenvalue weighted by Gasteiger charge is 2.37. The molecule has 1 N–H and O–H groups in total. The number of halogens is 3. The highest BCUT2D eigenvalue weighted by Crippen LogP contribution is 2.53. The average molecular weight is 1700 g/mol. The second-order valence-electron chi connectivity index (χ2n) is 30.8. The summed E-state index contributed by atoms with van der Waals surface area (Å²) in [5.74, 6) is 0. The van der Waals surface area contributed by atoms with Crippen LogP contribution in [0.3, 0.4) is 0 Å². The van der Waals surface area contributed by atoms with Crippen molar-refractivity contribution in [2.24, 2.45) is 0 Å². The summed E-state index contributed by atoms with van der Waals surface area (Å²) in [5, 5.41) is 8.51. The van der Waals surface area contributed by atoms with Crippen LogP contribution in [-0.4, -0.2) is 9.13 Å². The monoisotopic (exact) mass is 1690 g/mol. The molecule has 0 unspecified atom stereocenters. The van der Waals surface area contributed by atoms with Crippen LogP contribution in [0.1, 0.15) is 83.1 Å². The molecular weight excluding hydrogens is 1610 g/mol. The van der Waals surface area contributed by atoms with Crippen molar-refractivity contribution in [2.75, 3.05) is 20.0 Å². The molecule has 6 nitrogen and oxygen atoms in total. The van der Waals surface area contributed by atoms with E-state index in [4.69, 9.17) is 0 Å². The Labute approximate surface area is 706 Å². The number of nitrogens with one attached hydrogen (secondary N) is 1. The molecule has 2 heterocycles. The third-order valence-corrected chi connectivity index (χ3v) is 23.9. The highest BCUT2D eigenvalue weighted by molar-refractivity contribution is 9.11. The van der Waals surface area contributed by atoms with Gasteiger partial charge in [0.25, 0.3) is 0 Å². The molecule has 0 radical (unpaired) electrons. The van der Waals surface area contributed by atoms with Crippen LogP contribution < -0.4 is 20.0 Å². The molecule has 9 heteroatoms. The van der Waals surface area contributed by atoms with Crippen LogP contribution in [-0.2, 0) is 10.8 Å². The summed E-state index contributed by atoms with van der Waals surface area (Å²) in [6.45, 7) is 13.8. The highest BCUT2D eigenvalue weighted by atomic mass is 79.9. The molecule has 0 aliphatic heterocycles. The first kappa shape index (κ1) is 76.4. The Kier molecular flexibility index (Phi) is 21.9. The molecule has 20 rings (SSSR count). The fraction of sp³-hybridized carbons (Fsp3) is 0.103. The fourth-order valence-corrected chi connectivity index (χ4v) is 18.9. The first-order valence-corrected chi connectivity index (χ1v) is 42.4. The number of aromatic nitrogens is 2. The number of anilines is 11. The van der Waals surface area contributed by atoms with Crippen LogP contribution in [0.5, 0.6) is 0 Å². The fourth-order valence-electron chi connectivity index (χ4n) is 17.1. The van der Waals surface area contributed by atoms with E-state index in [9.17, 15) is 0 Å². The van der Waals surface area contributed by atoms with Gasteiger partial charge >= 0.3 is 0 Å². The number of nitrogens with zero attached hydrogens (tertiary/aromatic N) is 5. The van der Waals surface area contributed by atoms with Gasteiger partial charge in [-0.05, 0) is 226 Å². The Morgan fingerprint density at radius 3 is 0.991 bits per heavy atom. The molecular formula is C107H89Br3N6. The van der Waals surface area contributed by atoms with Crippen molar-refractivity contribution < 1.29 is 0 Å². The van der Waals surface area contributed by atoms with E-state index in [0.29, 0.717) is 0 Å². The molecule has 16 aromatic carbocycles. The van der Waals surface area contributed by atoms with Crippen molar-refractivity contribution in [1.29, 1.82) is 0 Å². The largest absolute Gasteiger partial charge is 0.356 e. The molecule has 0 saturated carbocycles. The topological polar surface area (TPSA) is 31.6 Å². The maximum atomic E-state index is 3.92. The van der Waals surface area contributed by atoms with Gasteiger partial charge in [0.05, 0.1) is 22.1 Å². The average Bonchev–Trinajstić information content (AvgIpc) is 1.59. The summed E-state index contributed by atoms with van der Waals surface area (Å²) in [4.78, 5) is 6.91. The van der Waals surface area contributed by atoms with Crippen LogP contribution in [0.25, 0.3) is 77.2 Å². The van der Waals surface area contributed by atoms with Gasteiger partial charge in [0.1, 0.15) is 0 Å². The lowest BCUT2D eigenvalue weighted by atomic mass is 9.82. The van der Waals surface area contributed by atoms with Gasteiger partial charge < -0.3 is 29.2 Å². The second kappa shape index (κ2) is 33.3. The van der Waals surface area contributed by atoms with Gasteiger partial charge in [-0.1, -0.05) is 315 Å². The smallest absolute Gasteiger partial charge is 0.0542 e. The van der Waals surface area contributed by atoms with E-state index >= 15 is 0 Å². The van der Waals surface area contributed by atoms with Gasteiger partial charge in [0.2, 0.25) is 0 Å². The molecule has 2 aliphatic carbocycles. The van der Waals surface area contributed by atoms with E-state index in [-0.39, 0.29) is 10.8 Å². The minimum absolute atomic E-state index is 0.0204. The summed E-state index contributed by atoms with van der Waals surface area (Å²) in [6.07, 6.45) is 4.08. The zero-order chi connectivity index (χ0) is 79.4. The lowest BCUT2D eigenvalue weighted by Crippen LogP contribution is -2.15.